The largest absolute Gasteiger partial charge is 0.504 e. The standard InChI is InChI=1S/C20H18N2O3/c23-17-8-4-5-9-18(17)25-14-19(24)22-20(15-6-2-1-3-7-15)16-10-12-21-13-11-16/h1-13,20,23H,14H2,(H,22,24). The Morgan fingerprint density at radius 1 is 0.960 bits per heavy atom. The molecule has 1 aromatic heterocycles. The van der Waals surface area contributed by atoms with Gasteiger partial charge in [0.2, 0.25) is 0 Å². The first-order valence-electron chi connectivity index (χ1n) is 7.89. The number of aromatic hydroxyl groups is 1. The second-order valence-corrected chi connectivity index (χ2v) is 5.45. The Morgan fingerprint density at radius 2 is 1.60 bits per heavy atom. The highest BCUT2D eigenvalue weighted by atomic mass is 16.5. The molecule has 0 spiro atoms. The summed E-state index contributed by atoms with van der Waals surface area (Å²) < 4.78 is 5.40. The van der Waals surface area contributed by atoms with E-state index in [1.165, 1.54) is 6.07 Å². The van der Waals surface area contributed by atoms with Gasteiger partial charge in [0.05, 0.1) is 6.04 Å². The fraction of sp³-hybridized carbons (Fsp3) is 0.100. The van der Waals surface area contributed by atoms with E-state index < -0.39 is 0 Å². The molecule has 5 heteroatoms. The maximum absolute atomic E-state index is 12.4. The highest BCUT2D eigenvalue weighted by Gasteiger charge is 2.17. The van der Waals surface area contributed by atoms with Gasteiger partial charge in [-0.15, -0.1) is 0 Å². The van der Waals surface area contributed by atoms with Crippen LogP contribution in [0.4, 0.5) is 0 Å². The summed E-state index contributed by atoms with van der Waals surface area (Å²) in [5.41, 5.74) is 1.89. The van der Waals surface area contributed by atoms with Crippen molar-refractivity contribution >= 4 is 5.91 Å². The fourth-order valence-electron chi connectivity index (χ4n) is 2.49. The average molecular weight is 334 g/mol. The highest BCUT2D eigenvalue weighted by Crippen LogP contribution is 2.24. The Kier molecular flexibility index (Phi) is 5.26. The number of nitrogens with one attached hydrogen (secondary N) is 1. The zero-order valence-electron chi connectivity index (χ0n) is 13.5. The van der Waals surface area contributed by atoms with Gasteiger partial charge in [-0.25, -0.2) is 0 Å². The first-order valence-corrected chi connectivity index (χ1v) is 7.89. The number of rotatable bonds is 6. The summed E-state index contributed by atoms with van der Waals surface area (Å²) in [5.74, 6) is -0.00390. The van der Waals surface area contributed by atoms with E-state index in [-0.39, 0.29) is 30.1 Å². The number of phenols is 1. The van der Waals surface area contributed by atoms with Gasteiger partial charge in [-0.2, -0.15) is 0 Å². The lowest BCUT2D eigenvalue weighted by Crippen LogP contribution is -2.33. The smallest absolute Gasteiger partial charge is 0.258 e. The van der Waals surface area contributed by atoms with Crippen LogP contribution in [0.25, 0.3) is 0 Å². The van der Waals surface area contributed by atoms with Crippen molar-refractivity contribution in [3.63, 3.8) is 0 Å². The molecule has 5 nitrogen and oxygen atoms in total. The van der Waals surface area contributed by atoms with E-state index in [9.17, 15) is 9.90 Å². The summed E-state index contributed by atoms with van der Waals surface area (Å²) in [6.07, 6.45) is 3.38. The predicted molar refractivity (Wildman–Crippen MR) is 94.3 cm³/mol. The molecule has 2 N–H and O–H groups in total. The van der Waals surface area contributed by atoms with E-state index in [4.69, 9.17) is 4.74 Å². The van der Waals surface area contributed by atoms with Crippen molar-refractivity contribution < 1.29 is 14.6 Å². The number of nitrogens with zero attached hydrogens (tertiary/aromatic N) is 1. The van der Waals surface area contributed by atoms with Gasteiger partial charge in [0.25, 0.3) is 5.91 Å². The number of hydrogen-bond donors (Lipinski definition) is 2. The summed E-state index contributed by atoms with van der Waals surface area (Å²) in [7, 11) is 0. The molecule has 0 saturated carbocycles. The number of para-hydroxylation sites is 2. The number of carbonyl (C=O) groups is 1. The Labute approximate surface area is 145 Å². The number of amides is 1. The second-order valence-electron chi connectivity index (χ2n) is 5.45. The number of phenolic OH excluding ortho intramolecular Hbond substituents is 1. The van der Waals surface area contributed by atoms with E-state index in [2.05, 4.69) is 10.3 Å². The maximum atomic E-state index is 12.4. The van der Waals surface area contributed by atoms with Gasteiger partial charge in [-0.3, -0.25) is 9.78 Å². The maximum Gasteiger partial charge on any atom is 0.258 e. The quantitative estimate of drug-likeness (QED) is 0.727. The third kappa shape index (κ3) is 4.35. The Hall–Kier alpha value is -3.34. The minimum absolute atomic E-state index is 0.00374. The Bertz CT molecular complexity index is 783. The van der Waals surface area contributed by atoms with Crippen molar-refractivity contribution in [3.8, 4) is 11.5 Å². The molecule has 0 saturated heterocycles. The summed E-state index contributed by atoms with van der Waals surface area (Å²) in [5, 5.41) is 12.7. The SMILES string of the molecule is O=C(COc1ccccc1O)NC(c1ccccc1)c1ccncc1. The number of hydrogen-bond acceptors (Lipinski definition) is 4. The summed E-state index contributed by atoms with van der Waals surface area (Å²) >= 11 is 0. The number of pyridine rings is 1. The lowest BCUT2D eigenvalue weighted by molar-refractivity contribution is -0.123. The number of benzene rings is 2. The molecule has 1 unspecified atom stereocenters. The van der Waals surface area contributed by atoms with Crippen molar-refractivity contribution in [2.24, 2.45) is 0 Å². The van der Waals surface area contributed by atoms with Gasteiger partial charge < -0.3 is 15.2 Å². The van der Waals surface area contributed by atoms with E-state index in [1.807, 2.05) is 42.5 Å². The van der Waals surface area contributed by atoms with Gasteiger partial charge in [-0.05, 0) is 35.4 Å². The molecule has 126 valence electrons. The zero-order chi connectivity index (χ0) is 17.5. The molecule has 0 aliphatic carbocycles. The molecule has 1 amide bonds. The van der Waals surface area contributed by atoms with Crippen molar-refractivity contribution in [1.82, 2.24) is 10.3 Å². The van der Waals surface area contributed by atoms with E-state index in [1.54, 1.807) is 30.6 Å². The number of aromatic nitrogens is 1. The molecular formula is C20H18N2O3. The number of carbonyl (C=O) groups excluding carboxylic acids is 1. The average Bonchev–Trinajstić information content (AvgIpc) is 2.67. The van der Waals surface area contributed by atoms with Crippen molar-refractivity contribution in [1.29, 1.82) is 0 Å². The topological polar surface area (TPSA) is 71.5 Å². The normalized spacial score (nSPS) is 11.5. The van der Waals surface area contributed by atoms with Crippen LogP contribution in [0.3, 0.4) is 0 Å². The molecule has 3 rings (SSSR count). The third-order valence-electron chi connectivity index (χ3n) is 3.70. The number of ether oxygens (including phenoxy) is 1. The van der Waals surface area contributed by atoms with Crippen LogP contribution >= 0.6 is 0 Å². The molecule has 0 aliphatic heterocycles. The minimum atomic E-state index is -0.301. The van der Waals surface area contributed by atoms with Crippen molar-refractivity contribution in [2.45, 2.75) is 6.04 Å². The Balaban J connectivity index is 1.72. The molecule has 3 aromatic rings. The van der Waals surface area contributed by atoms with E-state index in [0.29, 0.717) is 0 Å². The summed E-state index contributed by atoms with van der Waals surface area (Å²) in [4.78, 5) is 16.4. The van der Waals surface area contributed by atoms with Crippen LogP contribution in [0.15, 0.2) is 79.1 Å². The van der Waals surface area contributed by atoms with Crippen LogP contribution in [0.5, 0.6) is 11.5 Å². The molecule has 2 aromatic carbocycles. The minimum Gasteiger partial charge on any atom is -0.504 e. The highest BCUT2D eigenvalue weighted by molar-refractivity contribution is 5.78. The van der Waals surface area contributed by atoms with Crippen LogP contribution in [-0.4, -0.2) is 22.6 Å². The molecule has 0 radical (unpaired) electrons. The Morgan fingerprint density at radius 3 is 2.32 bits per heavy atom. The molecule has 1 atom stereocenters. The molecule has 0 aliphatic rings. The first kappa shape index (κ1) is 16.5. The van der Waals surface area contributed by atoms with Crippen LogP contribution in [0.1, 0.15) is 17.2 Å². The van der Waals surface area contributed by atoms with Crippen molar-refractivity contribution in [3.05, 3.63) is 90.3 Å². The van der Waals surface area contributed by atoms with Crippen LogP contribution < -0.4 is 10.1 Å². The van der Waals surface area contributed by atoms with Gasteiger partial charge in [0.15, 0.2) is 18.1 Å². The van der Waals surface area contributed by atoms with Gasteiger partial charge in [-0.1, -0.05) is 42.5 Å². The summed E-state index contributed by atoms with van der Waals surface area (Å²) in [6, 6.07) is 19.7. The fourth-order valence-corrected chi connectivity index (χ4v) is 2.49. The zero-order valence-corrected chi connectivity index (χ0v) is 13.5. The molecular weight excluding hydrogens is 316 g/mol. The molecule has 25 heavy (non-hydrogen) atoms. The monoisotopic (exact) mass is 334 g/mol. The van der Waals surface area contributed by atoms with Crippen LogP contribution in [0.2, 0.25) is 0 Å². The summed E-state index contributed by atoms with van der Waals surface area (Å²) in [6.45, 7) is -0.189. The first-order chi connectivity index (χ1) is 12.2. The second kappa shape index (κ2) is 7.97. The van der Waals surface area contributed by atoms with Crippen LogP contribution in [-0.2, 0) is 4.79 Å². The lowest BCUT2D eigenvalue weighted by atomic mass is 10.00. The third-order valence-corrected chi connectivity index (χ3v) is 3.70. The molecule has 0 fully saturated rings. The van der Waals surface area contributed by atoms with Crippen LogP contribution in [0, 0.1) is 0 Å². The van der Waals surface area contributed by atoms with Gasteiger partial charge in [0.1, 0.15) is 0 Å². The van der Waals surface area contributed by atoms with E-state index >= 15 is 0 Å². The lowest BCUT2D eigenvalue weighted by Gasteiger charge is -2.20. The molecule has 0 bridgehead atoms. The van der Waals surface area contributed by atoms with Gasteiger partial charge in [0, 0.05) is 12.4 Å². The van der Waals surface area contributed by atoms with E-state index in [0.717, 1.165) is 11.1 Å². The van der Waals surface area contributed by atoms with Crippen molar-refractivity contribution in [2.75, 3.05) is 6.61 Å². The van der Waals surface area contributed by atoms with Gasteiger partial charge >= 0.3 is 0 Å². The predicted octanol–water partition coefficient (Wildman–Crippen LogP) is 3.07. The molecule has 1 heterocycles.